The minimum Gasteiger partial charge on any atom is -0.455 e. The number of nitrogens with one attached hydrogen (secondary N) is 2. The molecule has 0 fully saturated rings. The number of carbonyl (C=O) groups excluding carboxylic acids is 1. The third-order valence-corrected chi connectivity index (χ3v) is 2.45. The molecule has 0 aliphatic heterocycles. The molecule has 90 valence electrons. The van der Waals surface area contributed by atoms with E-state index in [0.717, 1.165) is 5.56 Å². The molecular weight excluding hydrogens is 220 g/mol. The summed E-state index contributed by atoms with van der Waals surface area (Å²) in [6.07, 6.45) is 3.40. The van der Waals surface area contributed by atoms with E-state index in [0.29, 0.717) is 5.76 Å². The second-order valence-electron chi connectivity index (χ2n) is 3.70. The first-order valence-electron chi connectivity index (χ1n) is 5.29. The number of nitrogens with two attached hydrogens (primary N) is 1. The highest BCUT2D eigenvalue weighted by Crippen LogP contribution is 2.12. The second-order valence-corrected chi connectivity index (χ2v) is 3.70. The molecule has 0 radical (unpaired) electrons. The van der Waals surface area contributed by atoms with Crippen molar-refractivity contribution in [3.8, 4) is 0 Å². The quantitative estimate of drug-likeness (QED) is 0.733. The number of amides is 1. The van der Waals surface area contributed by atoms with Crippen molar-refractivity contribution in [3.63, 3.8) is 0 Å². The Labute approximate surface area is 98.2 Å². The molecule has 6 heteroatoms. The van der Waals surface area contributed by atoms with Crippen LogP contribution in [0.3, 0.4) is 0 Å². The van der Waals surface area contributed by atoms with E-state index >= 15 is 0 Å². The summed E-state index contributed by atoms with van der Waals surface area (Å²) in [5.74, 6) is 0.588. The van der Waals surface area contributed by atoms with Crippen molar-refractivity contribution >= 4 is 5.91 Å². The van der Waals surface area contributed by atoms with Crippen molar-refractivity contribution < 1.29 is 9.21 Å². The van der Waals surface area contributed by atoms with E-state index in [4.69, 9.17) is 10.2 Å². The van der Waals surface area contributed by atoms with Crippen molar-refractivity contribution in [2.24, 2.45) is 5.73 Å². The molecule has 17 heavy (non-hydrogen) atoms. The third kappa shape index (κ3) is 2.54. The Morgan fingerprint density at radius 1 is 1.65 bits per heavy atom. The van der Waals surface area contributed by atoms with Crippen LogP contribution < -0.4 is 11.1 Å². The third-order valence-electron chi connectivity index (χ3n) is 2.45. The van der Waals surface area contributed by atoms with Gasteiger partial charge in [0.2, 0.25) is 0 Å². The van der Waals surface area contributed by atoms with E-state index in [2.05, 4.69) is 15.5 Å². The first kappa shape index (κ1) is 11.4. The van der Waals surface area contributed by atoms with E-state index in [1.807, 2.05) is 6.92 Å². The number of hydrogen-bond acceptors (Lipinski definition) is 4. The lowest BCUT2D eigenvalue weighted by atomic mass is 10.2. The number of nitrogens with zero attached hydrogens (tertiary/aromatic N) is 1. The summed E-state index contributed by atoms with van der Waals surface area (Å²) < 4.78 is 5.25. The lowest BCUT2D eigenvalue weighted by Crippen LogP contribution is -2.26. The molecule has 0 bridgehead atoms. The van der Waals surface area contributed by atoms with Crippen LogP contribution in [0, 0.1) is 0 Å². The monoisotopic (exact) mass is 234 g/mol. The van der Waals surface area contributed by atoms with Crippen molar-refractivity contribution in [2.45, 2.75) is 19.5 Å². The van der Waals surface area contributed by atoms with Crippen LogP contribution in [0.4, 0.5) is 0 Å². The van der Waals surface area contributed by atoms with Gasteiger partial charge in [0, 0.05) is 11.8 Å². The van der Waals surface area contributed by atoms with Gasteiger partial charge < -0.3 is 15.5 Å². The second kappa shape index (κ2) is 4.84. The molecule has 6 nitrogen and oxygen atoms in total. The Hall–Kier alpha value is -2.08. The van der Waals surface area contributed by atoms with Crippen molar-refractivity contribution in [2.75, 3.05) is 0 Å². The van der Waals surface area contributed by atoms with Gasteiger partial charge in [0.05, 0.1) is 18.8 Å². The van der Waals surface area contributed by atoms with Crippen molar-refractivity contribution in [3.05, 3.63) is 41.6 Å². The molecule has 2 aromatic heterocycles. The zero-order valence-electron chi connectivity index (χ0n) is 9.43. The van der Waals surface area contributed by atoms with Gasteiger partial charge in [-0.2, -0.15) is 5.10 Å². The van der Waals surface area contributed by atoms with Crippen LogP contribution in [0.1, 0.15) is 34.8 Å². The van der Waals surface area contributed by atoms with Crippen LogP contribution in [0.25, 0.3) is 0 Å². The molecule has 0 aromatic carbocycles. The predicted octanol–water partition coefficient (Wildman–Crippen LogP) is 0.952. The number of aromatic nitrogens is 2. The minimum atomic E-state index is -0.265. The summed E-state index contributed by atoms with van der Waals surface area (Å²) in [4.78, 5) is 11.8. The van der Waals surface area contributed by atoms with Crippen LogP contribution in [-0.4, -0.2) is 16.1 Å². The van der Waals surface area contributed by atoms with Gasteiger partial charge >= 0.3 is 0 Å². The summed E-state index contributed by atoms with van der Waals surface area (Å²) in [6.45, 7) is 2.15. The molecule has 1 atom stereocenters. The van der Waals surface area contributed by atoms with Gasteiger partial charge in [0.25, 0.3) is 5.91 Å². The topological polar surface area (TPSA) is 96.9 Å². The Kier molecular flexibility index (Phi) is 3.24. The Morgan fingerprint density at radius 3 is 3.06 bits per heavy atom. The molecule has 0 saturated heterocycles. The zero-order valence-corrected chi connectivity index (χ0v) is 9.43. The number of aromatic amines is 1. The molecule has 2 aromatic rings. The maximum atomic E-state index is 11.8. The number of hydrogen-bond donors (Lipinski definition) is 3. The highest BCUT2D eigenvalue weighted by Gasteiger charge is 2.15. The molecule has 0 spiro atoms. The van der Waals surface area contributed by atoms with Gasteiger partial charge in [-0.25, -0.2) is 0 Å². The summed E-state index contributed by atoms with van der Waals surface area (Å²) in [5, 5.41) is 9.32. The van der Waals surface area contributed by atoms with E-state index in [1.54, 1.807) is 24.5 Å². The lowest BCUT2D eigenvalue weighted by Gasteiger charge is -2.10. The van der Waals surface area contributed by atoms with Gasteiger partial charge in [-0.1, -0.05) is 0 Å². The van der Waals surface area contributed by atoms with Gasteiger partial charge in [0.1, 0.15) is 5.76 Å². The largest absolute Gasteiger partial charge is 0.455 e. The maximum absolute atomic E-state index is 11.8. The van der Waals surface area contributed by atoms with Crippen molar-refractivity contribution in [1.29, 1.82) is 0 Å². The zero-order chi connectivity index (χ0) is 12.3. The molecule has 1 unspecified atom stereocenters. The molecule has 0 aliphatic carbocycles. The summed E-state index contributed by atoms with van der Waals surface area (Å²) >= 11 is 0. The fourth-order valence-corrected chi connectivity index (χ4v) is 1.46. The van der Waals surface area contributed by atoms with Gasteiger partial charge in [-0.05, 0) is 19.1 Å². The van der Waals surface area contributed by atoms with Crippen LogP contribution >= 0.6 is 0 Å². The van der Waals surface area contributed by atoms with Gasteiger partial charge in [0.15, 0.2) is 5.76 Å². The van der Waals surface area contributed by atoms with E-state index in [9.17, 15) is 4.79 Å². The number of rotatable bonds is 4. The number of furan rings is 1. The first-order valence-corrected chi connectivity index (χ1v) is 5.29. The highest BCUT2D eigenvalue weighted by molar-refractivity contribution is 5.91. The minimum absolute atomic E-state index is 0.132. The number of H-pyrrole nitrogens is 1. The van der Waals surface area contributed by atoms with Crippen LogP contribution in [-0.2, 0) is 6.54 Å². The van der Waals surface area contributed by atoms with Crippen LogP contribution in [0.15, 0.2) is 28.9 Å². The summed E-state index contributed by atoms with van der Waals surface area (Å²) in [5.41, 5.74) is 6.31. The molecule has 2 rings (SSSR count). The first-order chi connectivity index (χ1) is 8.20. The fourth-order valence-electron chi connectivity index (χ4n) is 1.46. The smallest absolute Gasteiger partial charge is 0.287 e. The SMILES string of the molecule is CC(NC(=O)c1ccc(CN)o1)c1cn[nH]c1. The number of carbonyl (C=O) groups is 1. The van der Waals surface area contributed by atoms with Crippen molar-refractivity contribution in [1.82, 2.24) is 15.5 Å². The Morgan fingerprint density at radius 2 is 2.47 bits per heavy atom. The van der Waals surface area contributed by atoms with Crippen LogP contribution in [0.5, 0.6) is 0 Å². The fraction of sp³-hybridized carbons (Fsp3) is 0.273. The maximum Gasteiger partial charge on any atom is 0.287 e. The average molecular weight is 234 g/mol. The molecule has 4 N–H and O–H groups in total. The Bertz CT molecular complexity index is 489. The highest BCUT2D eigenvalue weighted by atomic mass is 16.4. The van der Waals surface area contributed by atoms with Crippen LogP contribution in [0.2, 0.25) is 0 Å². The standard InChI is InChI=1S/C11H14N4O2/c1-7(8-5-13-14-6-8)15-11(16)10-3-2-9(4-12)17-10/h2-3,5-7H,4,12H2,1H3,(H,13,14)(H,15,16). The molecule has 2 heterocycles. The molecule has 1 amide bonds. The summed E-state index contributed by atoms with van der Waals surface area (Å²) in [6, 6.07) is 3.17. The van der Waals surface area contributed by atoms with E-state index in [1.165, 1.54) is 0 Å². The Balaban J connectivity index is 2.01. The molecule has 0 saturated carbocycles. The van der Waals surface area contributed by atoms with E-state index < -0.39 is 0 Å². The van der Waals surface area contributed by atoms with E-state index in [-0.39, 0.29) is 24.3 Å². The van der Waals surface area contributed by atoms with Gasteiger partial charge in [-0.3, -0.25) is 9.89 Å². The molecular formula is C11H14N4O2. The normalized spacial score (nSPS) is 12.4. The molecule has 0 aliphatic rings. The lowest BCUT2D eigenvalue weighted by molar-refractivity contribution is 0.0910. The van der Waals surface area contributed by atoms with Gasteiger partial charge in [-0.15, -0.1) is 0 Å². The predicted molar refractivity (Wildman–Crippen MR) is 61.1 cm³/mol. The summed E-state index contributed by atoms with van der Waals surface area (Å²) in [7, 11) is 0. The average Bonchev–Trinajstić information content (AvgIpc) is 3.00.